The molecule has 7 heteroatoms. The van der Waals surface area contributed by atoms with Crippen molar-refractivity contribution in [3.8, 4) is 0 Å². The maximum absolute atomic E-state index is 12.2. The fourth-order valence-electron chi connectivity index (χ4n) is 2.44. The van der Waals surface area contributed by atoms with Crippen LogP contribution in [0.15, 0.2) is 64.1 Å². The van der Waals surface area contributed by atoms with Crippen molar-refractivity contribution in [2.75, 3.05) is 16.4 Å². The van der Waals surface area contributed by atoms with Gasteiger partial charge in [0.25, 0.3) is 0 Å². The zero-order valence-electron chi connectivity index (χ0n) is 15.7. The minimum Gasteiger partial charge on any atom is -0.365 e. The molecule has 0 fully saturated rings. The molecule has 3 rings (SSSR count). The number of halogens is 1. The van der Waals surface area contributed by atoms with Crippen molar-refractivity contribution >= 4 is 45.1 Å². The van der Waals surface area contributed by atoms with Gasteiger partial charge >= 0.3 is 0 Å². The van der Waals surface area contributed by atoms with Crippen molar-refractivity contribution in [3.05, 3.63) is 75.8 Å². The van der Waals surface area contributed by atoms with Crippen LogP contribution in [0.3, 0.4) is 0 Å². The standard InChI is InChI=1S/C21H21BrN4OS/c1-14-3-6-16(7-4-14)12-23-19-9-10-21(26-25-19)28-13-20(27)24-18-8-5-15(2)11-17(18)22/h3-11H,12-13H2,1-2H3,(H,23,25)(H,24,27). The summed E-state index contributed by atoms with van der Waals surface area (Å²) in [7, 11) is 0. The lowest BCUT2D eigenvalue weighted by Crippen LogP contribution is -2.14. The zero-order chi connectivity index (χ0) is 19.9. The lowest BCUT2D eigenvalue weighted by atomic mass is 10.1. The van der Waals surface area contributed by atoms with Crippen LogP contribution in [0.5, 0.6) is 0 Å². The predicted molar refractivity (Wildman–Crippen MR) is 119 cm³/mol. The summed E-state index contributed by atoms with van der Waals surface area (Å²) >= 11 is 4.82. The molecule has 0 saturated heterocycles. The fourth-order valence-corrected chi connectivity index (χ4v) is 3.64. The zero-order valence-corrected chi connectivity index (χ0v) is 18.1. The van der Waals surface area contributed by atoms with Crippen LogP contribution in [0.25, 0.3) is 0 Å². The molecule has 5 nitrogen and oxygen atoms in total. The largest absolute Gasteiger partial charge is 0.365 e. The number of aromatic nitrogens is 2. The van der Waals surface area contributed by atoms with Crippen LogP contribution in [-0.2, 0) is 11.3 Å². The third kappa shape index (κ3) is 6.07. The molecule has 0 unspecified atom stereocenters. The minimum atomic E-state index is -0.0853. The van der Waals surface area contributed by atoms with Crippen LogP contribution < -0.4 is 10.6 Å². The molecule has 3 aromatic rings. The third-order valence-electron chi connectivity index (χ3n) is 3.98. The van der Waals surface area contributed by atoms with Crippen molar-refractivity contribution in [2.24, 2.45) is 0 Å². The topological polar surface area (TPSA) is 66.9 Å². The number of amides is 1. The van der Waals surface area contributed by atoms with Crippen molar-refractivity contribution in [1.82, 2.24) is 10.2 Å². The molecule has 144 valence electrons. The second kappa shape index (κ2) is 9.71. The van der Waals surface area contributed by atoms with E-state index in [9.17, 15) is 4.79 Å². The Labute approximate surface area is 177 Å². The molecular formula is C21H21BrN4OS. The van der Waals surface area contributed by atoms with Gasteiger partial charge in [-0.1, -0.05) is 47.7 Å². The average molecular weight is 457 g/mol. The Hall–Kier alpha value is -2.38. The molecule has 0 spiro atoms. The van der Waals surface area contributed by atoms with E-state index in [-0.39, 0.29) is 11.7 Å². The molecule has 0 aliphatic heterocycles. The number of hydrogen-bond acceptors (Lipinski definition) is 5. The summed E-state index contributed by atoms with van der Waals surface area (Å²) in [6.45, 7) is 4.76. The highest BCUT2D eigenvalue weighted by molar-refractivity contribution is 9.10. The summed E-state index contributed by atoms with van der Waals surface area (Å²) < 4.78 is 0.870. The van der Waals surface area contributed by atoms with Crippen molar-refractivity contribution in [2.45, 2.75) is 25.4 Å². The number of carbonyl (C=O) groups excluding carboxylic acids is 1. The summed E-state index contributed by atoms with van der Waals surface area (Å²) in [5.41, 5.74) is 4.32. The Morgan fingerprint density at radius 3 is 2.43 bits per heavy atom. The van der Waals surface area contributed by atoms with E-state index in [0.717, 1.165) is 15.7 Å². The Morgan fingerprint density at radius 2 is 1.75 bits per heavy atom. The van der Waals surface area contributed by atoms with Gasteiger partial charge in [0.1, 0.15) is 10.8 Å². The first-order valence-corrected chi connectivity index (χ1v) is 10.6. The summed E-state index contributed by atoms with van der Waals surface area (Å²) in [6, 6.07) is 17.9. The molecule has 0 aliphatic rings. The third-order valence-corrected chi connectivity index (χ3v) is 5.56. The maximum atomic E-state index is 12.2. The van der Waals surface area contributed by atoms with Gasteiger partial charge in [-0.3, -0.25) is 4.79 Å². The van der Waals surface area contributed by atoms with Gasteiger partial charge in [0, 0.05) is 11.0 Å². The van der Waals surface area contributed by atoms with Gasteiger partial charge in [-0.05, 0) is 65.2 Å². The normalized spacial score (nSPS) is 10.5. The van der Waals surface area contributed by atoms with E-state index in [1.165, 1.54) is 22.9 Å². The van der Waals surface area contributed by atoms with Crippen LogP contribution in [0, 0.1) is 13.8 Å². The number of thioether (sulfide) groups is 1. The van der Waals surface area contributed by atoms with Gasteiger partial charge in [-0.2, -0.15) is 0 Å². The second-order valence-corrected chi connectivity index (χ2v) is 8.27. The van der Waals surface area contributed by atoms with Crippen molar-refractivity contribution < 1.29 is 4.79 Å². The summed E-state index contributed by atoms with van der Waals surface area (Å²) in [6.07, 6.45) is 0. The highest BCUT2D eigenvalue weighted by Gasteiger charge is 2.08. The molecule has 0 bridgehead atoms. The van der Waals surface area contributed by atoms with Gasteiger partial charge in [0.05, 0.1) is 11.4 Å². The van der Waals surface area contributed by atoms with Gasteiger partial charge in [-0.15, -0.1) is 10.2 Å². The maximum Gasteiger partial charge on any atom is 0.234 e. The Bertz CT molecular complexity index is 946. The van der Waals surface area contributed by atoms with Crippen LogP contribution >= 0.6 is 27.7 Å². The number of nitrogens with zero attached hydrogens (tertiary/aromatic N) is 2. The van der Waals surface area contributed by atoms with E-state index in [0.29, 0.717) is 17.4 Å². The molecule has 28 heavy (non-hydrogen) atoms. The van der Waals surface area contributed by atoms with Gasteiger partial charge in [0.15, 0.2) is 0 Å². The van der Waals surface area contributed by atoms with Gasteiger partial charge < -0.3 is 10.6 Å². The monoisotopic (exact) mass is 456 g/mol. The molecular weight excluding hydrogens is 436 g/mol. The quantitative estimate of drug-likeness (QED) is 0.478. The minimum absolute atomic E-state index is 0.0853. The summed E-state index contributed by atoms with van der Waals surface area (Å²) in [5, 5.41) is 15.2. The second-order valence-electron chi connectivity index (χ2n) is 6.42. The molecule has 2 N–H and O–H groups in total. The Morgan fingerprint density at radius 1 is 1.00 bits per heavy atom. The summed E-state index contributed by atoms with van der Waals surface area (Å²) in [4.78, 5) is 12.2. The van der Waals surface area contributed by atoms with E-state index >= 15 is 0 Å². The lowest BCUT2D eigenvalue weighted by Gasteiger charge is -2.08. The SMILES string of the molecule is Cc1ccc(CNc2ccc(SCC(=O)Nc3ccc(C)cc3Br)nn2)cc1. The molecule has 2 aromatic carbocycles. The van der Waals surface area contributed by atoms with E-state index in [2.05, 4.69) is 68.0 Å². The first-order chi connectivity index (χ1) is 13.5. The molecule has 0 aliphatic carbocycles. The van der Waals surface area contributed by atoms with E-state index in [4.69, 9.17) is 0 Å². The Kier molecular flexibility index (Phi) is 7.06. The molecule has 1 aromatic heterocycles. The first kappa shape index (κ1) is 20.4. The van der Waals surface area contributed by atoms with Crippen LogP contribution in [0.1, 0.15) is 16.7 Å². The average Bonchev–Trinajstić information content (AvgIpc) is 2.69. The smallest absolute Gasteiger partial charge is 0.234 e. The molecule has 1 amide bonds. The van der Waals surface area contributed by atoms with Gasteiger partial charge in [-0.25, -0.2) is 0 Å². The number of nitrogens with one attached hydrogen (secondary N) is 2. The fraction of sp³-hybridized carbons (Fsp3) is 0.190. The number of carbonyl (C=O) groups is 1. The number of aryl methyl sites for hydroxylation is 2. The van der Waals surface area contributed by atoms with Crippen molar-refractivity contribution in [1.29, 1.82) is 0 Å². The first-order valence-electron chi connectivity index (χ1n) is 8.81. The van der Waals surface area contributed by atoms with E-state index < -0.39 is 0 Å². The molecule has 0 saturated carbocycles. The van der Waals surface area contributed by atoms with E-state index in [1.54, 1.807) is 0 Å². The highest BCUT2D eigenvalue weighted by Crippen LogP contribution is 2.24. The highest BCUT2D eigenvalue weighted by atomic mass is 79.9. The predicted octanol–water partition coefficient (Wildman–Crippen LogP) is 5.20. The van der Waals surface area contributed by atoms with Crippen LogP contribution in [-0.4, -0.2) is 21.9 Å². The van der Waals surface area contributed by atoms with Crippen molar-refractivity contribution in [3.63, 3.8) is 0 Å². The van der Waals surface area contributed by atoms with E-state index in [1.807, 2.05) is 37.3 Å². The summed E-state index contributed by atoms with van der Waals surface area (Å²) in [5.74, 6) is 0.890. The number of hydrogen-bond donors (Lipinski definition) is 2. The molecule has 1 heterocycles. The number of benzene rings is 2. The molecule has 0 radical (unpaired) electrons. The Balaban J connectivity index is 1.47. The van der Waals surface area contributed by atoms with Crippen LogP contribution in [0.4, 0.5) is 11.5 Å². The van der Waals surface area contributed by atoms with Gasteiger partial charge in [0.2, 0.25) is 5.91 Å². The van der Waals surface area contributed by atoms with Crippen LogP contribution in [0.2, 0.25) is 0 Å². The number of rotatable bonds is 7. The lowest BCUT2D eigenvalue weighted by molar-refractivity contribution is -0.113. The number of anilines is 2. The molecule has 0 atom stereocenters.